The maximum atomic E-state index is 12.5. The quantitative estimate of drug-likeness (QED) is 0.362. The number of nitrogens with zero attached hydrogens (tertiary/aromatic N) is 2. The molecule has 19 heavy (non-hydrogen) atoms. The van der Waals surface area contributed by atoms with Crippen LogP contribution in [0.25, 0.3) is 0 Å². The van der Waals surface area contributed by atoms with Crippen LogP contribution in [0.1, 0.15) is 5.56 Å². The first-order valence-electron chi connectivity index (χ1n) is 5.29. The van der Waals surface area contributed by atoms with E-state index in [1.165, 1.54) is 7.05 Å². The molecular formula is C10H14FN2O3PS2. The Morgan fingerprint density at radius 3 is 2.47 bits per heavy atom. The first-order chi connectivity index (χ1) is 8.80. The first kappa shape index (κ1) is 16.6. The van der Waals surface area contributed by atoms with Crippen molar-refractivity contribution in [2.45, 2.75) is 6.42 Å². The number of hydrogen-bond acceptors (Lipinski definition) is 3. The summed E-state index contributed by atoms with van der Waals surface area (Å²) >= 11 is 5.16. The van der Waals surface area contributed by atoms with Crippen molar-refractivity contribution in [3.63, 3.8) is 0 Å². The molecule has 0 saturated heterocycles. The number of halogens is 1. The summed E-state index contributed by atoms with van der Waals surface area (Å²) in [4.78, 5) is 29.5. The van der Waals surface area contributed by atoms with Crippen LogP contribution in [0.15, 0.2) is 30.3 Å². The Labute approximate surface area is 120 Å². The number of carbonyl (C=O) groups is 1. The lowest BCUT2D eigenvalue weighted by molar-refractivity contribution is 0.209. The second-order valence-corrected chi connectivity index (χ2v) is 8.06. The van der Waals surface area contributed by atoms with Gasteiger partial charge < -0.3 is 9.79 Å². The van der Waals surface area contributed by atoms with Gasteiger partial charge in [0.05, 0.1) is 12.1 Å². The van der Waals surface area contributed by atoms with E-state index in [-0.39, 0.29) is 6.54 Å². The molecule has 0 atom stereocenters. The minimum atomic E-state index is -3.74. The second-order valence-electron chi connectivity index (χ2n) is 3.66. The number of benzene rings is 1. The fraction of sp³-hybridized carbons (Fsp3) is 0.300. The summed E-state index contributed by atoms with van der Waals surface area (Å²) in [5, 5.41) is 0. The van der Waals surface area contributed by atoms with Crippen LogP contribution in [0.5, 0.6) is 0 Å². The molecule has 0 bridgehead atoms. The van der Waals surface area contributed by atoms with Crippen LogP contribution >= 0.6 is 18.8 Å². The molecular weight excluding hydrogens is 310 g/mol. The minimum absolute atomic E-state index is 0.191. The molecule has 5 nitrogen and oxygen atoms in total. The Kier molecular flexibility index (Phi) is 6.38. The van der Waals surface area contributed by atoms with Gasteiger partial charge in [0.2, 0.25) is 0 Å². The van der Waals surface area contributed by atoms with Crippen LogP contribution in [-0.2, 0) is 18.2 Å². The molecule has 0 spiro atoms. The molecule has 0 radical (unpaired) electrons. The minimum Gasteiger partial charge on any atom is -0.333 e. The summed E-state index contributed by atoms with van der Waals surface area (Å²) in [6, 6.07) is 9.35. The zero-order chi connectivity index (χ0) is 14.5. The van der Waals surface area contributed by atoms with Gasteiger partial charge in [-0.1, -0.05) is 30.3 Å². The lowest BCUT2D eigenvalue weighted by Gasteiger charge is -2.26. The SMILES string of the molecule is CN(SN(CCc1ccccc1)P(O)(O)=S)C(=O)F. The van der Waals surface area contributed by atoms with Gasteiger partial charge in [0.1, 0.15) is 0 Å². The van der Waals surface area contributed by atoms with E-state index in [9.17, 15) is 19.0 Å². The number of hydrogen-bond donors (Lipinski definition) is 2. The molecule has 1 aromatic rings. The van der Waals surface area contributed by atoms with Crippen molar-refractivity contribution in [2.75, 3.05) is 13.6 Å². The molecule has 1 rings (SSSR count). The van der Waals surface area contributed by atoms with Gasteiger partial charge in [0.25, 0.3) is 6.64 Å². The highest BCUT2D eigenvalue weighted by Crippen LogP contribution is 2.46. The van der Waals surface area contributed by atoms with Crippen molar-refractivity contribution in [3.05, 3.63) is 35.9 Å². The Balaban J connectivity index is 2.66. The molecule has 0 saturated carbocycles. The number of amides is 1. The summed E-state index contributed by atoms with van der Waals surface area (Å²) in [5.74, 6) is 0. The second kappa shape index (κ2) is 7.33. The summed E-state index contributed by atoms with van der Waals surface area (Å²) < 4.78 is 14.2. The van der Waals surface area contributed by atoms with Crippen LogP contribution in [0.4, 0.5) is 9.18 Å². The van der Waals surface area contributed by atoms with E-state index in [4.69, 9.17) is 0 Å². The van der Waals surface area contributed by atoms with Crippen LogP contribution in [0, 0.1) is 0 Å². The Morgan fingerprint density at radius 1 is 1.42 bits per heavy atom. The van der Waals surface area contributed by atoms with E-state index in [0.717, 1.165) is 9.64 Å². The van der Waals surface area contributed by atoms with Crippen LogP contribution < -0.4 is 0 Å². The maximum Gasteiger partial charge on any atom is 0.410 e. The molecule has 9 heteroatoms. The van der Waals surface area contributed by atoms with Gasteiger partial charge >= 0.3 is 6.16 Å². The molecule has 0 aliphatic rings. The van der Waals surface area contributed by atoms with Crippen molar-refractivity contribution < 1.29 is 19.0 Å². The third-order valence-corrected chi connectivity index (χ3v) is 5.53. The van der Waals surface area contributed by atoms with Crippen LogP contribution in [-0.4, -0.2) is 37.9 Å². The van der Waals surface area contributed by atoms with Gasteiger partial charge in [0.15, 0.2) is 0 Å². The Hall–Kier alpha value is -0.500. The monoisotopic (exact) mass is 324 g/mol. The van der Waals surface area contributed by atoms with E-state index in [0.29, 0.717) is 22.9 Å². The van der Waals surface area contributed by atoms with Crippen molar-refractivity contribution >= 4 is 36.7 Å². The highest BCUT2D eigenvalue weighted by Gasteiger charge is 2.25. The molecule has 0 aromatic heterocycles. The van der Waals surface area contributed by atoms with Crippen LogP contribution in [0.3, 0.4) is 0 Å². The number of rotatable bonds is 6. The third kappa shape index (κ3) is 5.99. The molecule has 1 aromatic carbocycles. The highest BCUT2D eigenvalue weighted by molar-refractivity contribution is 8.14. The molecule has 0 aliphatic heterocycles. The largest absolute Gasteiger partial charge is 0.410 e. The van der Waals surface area contributed by atoms with E-state index < -0.39 is 12.8 Å². The molecule has 0 aliphatic carbocycles. The van der Waals surface area contributed by atoms with Crippen molar-refractivity contribution in [3.8, 4) is 0 Å². The van der Waals surface area contributed by atoms with Gasteiger partial charge in [-0.05, 0) is 23.8 Å². The summed E-state index contributed by atoms with van der Waals surface area (Å²) in [6.45, 7) is -3.55. The smallest absolute Gasteiger partial charge is 0.333 e. The maximum absolute atomic E-state index is 12.5. The summed E-state index contributed by atoms with van der Waals surface area (Å²) in [6.07, 6.45) is -1.18. The molecule has 0 heterocycles. The Bertz CT molecular complexity index is 471. The molecule has 2 N–H and O–H groups in total. The zero-order valence-corrected chi connectivity index (χ0v) is 12.7. The predicted molar refractivity (Wildman–Crippen MR) is 77.4 cm³/mol. The van der Waals surface area contributed by atoms with E-state index in [1.54, 1.807) is 0 Å². The average Bonchev–Trinajstić information content (AvgIpc) is 2.33. The molecule has 1 amide bonds. The standard InChI is InChI=1S/C10H14FN2O3PS2/c1-12(10(11)14)19-13(17(15,16)18)8-7-9-5-3-2-4-6-9/h2-6H,7-8H2,1H3,(H2,15,16,18). The molecule has 0 unspecified atom stereocenters. The van der Waals surface area contributed by atoms with Gasteiger partial charge in [0, 0.05) is 13.6 Å². The molecule has 106 valence electrons. The summed E-state index contributed by atoms with van der Waals surface area (Å²) in [5.41, 5.74) is 0.978. The van der Waals surface area contributed by atoms with E-state index >= 15 is 0 Å². The molecule has 0 fully saturated rings. The van der Waals surface area contributed by atoms with Crippen molar-refractivity contribution in [2.24, 2.45) is 0 Å². The van der Waals surface area contributed by atoms with E-state index in [1.807, 2.05) is 30.3 Å². The normalized spacial score (nSPS) is 11.6. The van der Waals surface area contributed by atoms with Gasteiger partial charge in [-0.25, -0.2) is 9.10 Å². The fourth-order valence-corrected chi connectivity index (χ4v) is 3.36. The van der Waals surface area contributed by atoms with Crippen LogP contribution in [0.2, 0.25) is 0 Å². The predicted octanol–water partition coefficient (Wildman–Crippen LogP) is 2.32. The average molecular weight is 324 g/mol. The van der Waals surface area contributed by atoms with Crippen molar-refractivity contribution in [1.29, 1.82) is 0 Å². The van der Waals surface area contributed by atoms with Gasteiger partial charge in [-0.3, -0.25) is 0 Å². The first-order valence-corrected chi connectivity index (χ1v) is 8.68. The topological polar surface area (TPSA) is 64.0 Å². The highest BCUT2D eigenvalue weighted by atomic mass is 32.5. The van der Waals surface area contributed by atoms with Gasteiger partial charge in [-0.15, -0.1) is 4.39 Å². The Morgan fingerprint density at radius 2 is 2.00 bits per heavy atom. The van der Waals surface area contributed by atoms with Gasteiger partial charge in [-0.2, -0.15) is 4.08 Å². The zero-order valence-electron chi connectivity index (χ0n) is 10.1. The van der Waals surface area contributed by atoms with E-state index in [2.05, 4.69) is 11.8 Å². The number of carbonyl (C=O) groups excluding carboxylic acids is 1. The lowest BCUT2D eigenvalue weighted by Crippen LogP contribution is -2.24. The summed E-state index contributed by atoms with van der Waals surface area (Å²) in [7, 11) is 1.19. The van der Waals surface area contributed by atoms with Crippen molar-refractivity contribution in [1.82, 2.24) is 8.38 Å². The third-order valence-electron chi connectivity index (χ3n) is 2.19. The lowest BCUT2D eigenvalue weighted by atomic mass is 10.2. The fourth-order valence-electron chi connectivity index (χ4n) is 1.26.